The van der Waals surface area contributed by atoms with Crippen LogP contribution in [0, 0.1) is 0 Å². The fourth-order valence-electron chi connectivity index (χ4n) is 4.94. The van der Waals surface area contributed by atoms with Gasteiger partial charge in [-0.25, -0.2) is 4.79 Å². The summed E-state index contributed by atoms with van der Waals surface area (Å²) in [6.45, 7) is 0.951. The molecule has 1 aliphatic carbocycles. The fourth-order valence-corrected chi connectivity index (χ4v) is 4.94. The van der Waals surface area contributed by atoms with Crippen LogP contribution in [0.3, 0.4) is 0 Å². The van der Waals surface area contributed by atoms with Gasteiger partial charge in [-0.3, -0.25) is 9.78 Å². The lowest BCUT2D eigenvalue weighted by atomic mass is 9.96. The first-order chi connectivity index (χ1) is 15.1. The molecule has 7 nitrogen and oxygen atoms in total. The van der Waals surface area contributed by atoms with Crippen LogP contribution in [0.2, 0.25) is 0 Å². The van der Waals surface area contributed by atoms with E-state index in [-0.39, 0.29) is 30.1 Å². The molecule has 1 N–H and O–H groups in total. The molecule has 2 fully saturated rings. The number of nitrogens with one attached hydrogen (secondary N) is 1. The summed E-state index contributed by atoms with van der Waals surface area (Å²) in [5.41, 5.74) is 2.48. The van der Waals surface area contributed by atoms with Crippen molar-refractivity contribution in [2.24, 2.45) is 0 Å². The van der Waals surface area contributed by atoms with E-state index >= 15 is 0 Å². The highest BCUT2D eigenvalue weighted by atomic mass is 16.5. The van der Waals surface area contributed by atoms with E-state index in [4.69, 9.17) is 4.74 Å². The Morgan fingerprint density at radius 2 is 1.97 bits per heavy atom. The first kappa shape index (κ1) is 19.8. The maximum Gasteiger partial charge on any atom is 0.317 e. The van der Waals surface area contributed by atoms with Crippen LogP contribution in [-0.4, -0.2) is 65.0 Å². The minimum absolute atomic E-state index is 0.0474. The number of hydrogen-bond donors (Lipinski definition) is 1. The van der Waals surface area contributed by atoms with Crippen LogP contribution in [0.1, 0.15) is 42.5 Å². The summed E-state index contributed by atoms with van der Waals surface area (Å²) < 4.78 is 6.35. The van der Waals surface area contributed by atoms with Crippen molar-refractivity contribution >= 4 is 11.9 Å². The summed E-state index contributed by atoms with van der Waals surface area (Å²) in [5.74, 6) is 0.495. The van der Waals surface area contributed by atoms with Gasteiger partial charge in [0.25, 0.3) is 5.91 Å². The molecule has 2 atom stereocenters. The number of urea groups is 1. The molecule has 1 saturated heterocycles. The smallest absolute Gasteiger partial charge is 0.317 e. The lowest BCUT2D eigenvalue weighted by Crippen LogP contribution is -2.46. The maximum absolute atomic E-state index is 13.1. The number of ether oxygens (including phenoxy) is 1. The third-order valence-corrected chi connectivity index (χ3v) is 6.76. The highest BCUT2D eigenvalue weighted by Crippen LogP contribution is 2.34. The molecule has 0 radical (unpaired) electrons. The number of pyridine rings is 1. The highest BCUT2D eigenvalue weighted by molar-refractivity contribution is 5.98. The lowest BCUT2D eigenvalue weighted by Gasteiger charge is -2.27. The second-order valence-corrected chi connectivity index (χ2v) is 8.78. The summed E-state index contributed by atoms with van der Waals surface area (Å²) in [5, 5.41) is 3.18. The normalized spacial score (nSPS) is 23.6. The van der Waals surface area contributed by atoms with E-state index in [9.17, 15) is 9.59 Å². The number of amides is 3. The highest BCUT2D eigenvalue weighted by Gasteiger charge is 2.44. The minimum Gasteiger partial charge on any atom is -0.485 e. The van der Waals surface area contributed by atoms with Gasteiger partial charge < -0.3 is 19.9 Å². The van der Waals surface area contributed by atoms with E-state index in [2.05, 4.69) is 10.3 Å². The van der Waals surface area contributed by atoms with E-state index in [0.29, 0.717) is 24.4 Å². The van der Waals surface area contributed by atoms with Gasteiger partial charge >= 0.3 is 6.03 Å². The zero-order valence-electron chi connectivity index (χ0n) is 17.8. The summed E-state index contributed by atoms with van der Waals surface area (Å²) in [6, 6.07) is 9.57. The summed E-state index contributed by atoms with van der Waals surface area (Å²) >= 11 is 0. The monoisotopic (exact) mass is 420 g/mol. The number of likely N-dealkylation sites (N-methyl/N-ethyl adjacent to an activating group) is 1. The van der Waals surface area contributed by atoms with Crippen LogP contribution in [0.25, 0.3) is 11.1 Å². The second kappa shape index (κ2) is 8.21. The van der Waals surface area contributed by atoms with E-state index in [1.165, 1.54) is 19.3 Å². The van der Waals surface area contributed by atoms with Gasteiger partial charge in [-0.2, -0.15) is 0 Å². The van der Waals surface area contributed by atoms with Crippen molar-refractivity contribution in [3.05, 3.63) is 48.3 Å². The molecule has 162 valence electrons. The van der Waals surface area contributed by atoms with Crippen LogP contribution in [0.5, 0.6) is 5.75 Å². The molecule has 5 rings (SSSR count). The van der Waals surface area contributed by atoms with Gasteiger partial charge in [-0.1, -0.05) is 31.4 Å². The Balaban J connectivity index is 1.36. The van der Waals surface area contributed by atoms with Gasteiger partial charge in [-0.15, -0.1) is 0 Å². The van der Waals surface area contributed by atoms with E-state index in [1.54, 1.807) is 29.2 Å². The van der Waals surface area contributed by atoms with Crippen LogP contribution >= 0.6 is 0 Å². The maximum atomic E-state index is 13.1. The lowest BCUT2D eigenvalue weighted by molar-refractivity contribution is 0.0682. The molecule has 1 aromatic carbocycles. The predicted molar refractivity (Wildman–Crippen MR) is 117 cm³/mol. The number of likely N-dealkylation sites (tertiary alicyclic amines) is 1. The molecule has 3 heterocycles. The number of carbonyl (C=O) groups is 2. The average Bonchev–Trinajstić information content (AvgIpc) is 3.19. The van der Waals surface area contributed by atoms with Crippen molar-refractivity contribution in [3.8, 4) is 16.9 Å². The number of aromatic nitrogens is 1. The van der Waals surface area contributed by atoms with Gasteiger partial charge in [0.2, 0.25) is 0 Å². The van der Waals surface area contributed by atoms with Gasteiger partial charge in [-0.05, 0) is 36.6 Å². The molecule has 2 aliphatic heterocycles. The topological polar surface area (TPSA) is 74.8 Å². The zero-order valence-corrected chi connectivity index (χ0v) is 17.8. The minimum atomic E-state index is -0.253. The van der Waals surface area contributed by atoms with Crippen molar-refractivity contribution in [1.82, 2.24) is 20.1 Å². The van der Waals surface area contributed by atoms with E-state index in [0.717, 1.165) is 24.0 Å². The molecule has 3 amide bonds. The number of benzene rings is 1. The first-order valence-corrected chi connectivity index (χ1v) is 11.1. The SMILES string of the molecule is CN1C(=O)c2ccc(-c3cccnc3)cc2OC2CN(C(=O)NC3CCCCC3)CC21. The van der Waals surface area contributed by atoms with Crippen molar-refractivity contribution in [1.29, 1.82) is 0 Å². The Bertz CT molecular complexity index is 974. The van der Waals surface area contributed by atoms with Crippen LogP contribution in [0.4, 0.5) is 4.79 Å². The van der Waals surface area contributed by atoms with Gasteiger partial charge in [0.1, 0.15) is 11.9 Å². The summed E-state index contributed by atoms with van der Waals surface area (Å²) in [7, 11) is 1.80. The Morgan fingerprint density at radius 1 is 1.13 bits per heavy atom. The molecule has 1 saturated carbocycles. The molecule has 0 spiro atoms. The number of carbonyl (C=O) groups excluding carboxylic acids is 2. The first-order valence-electron chi connectivity index (χ1n) is 11.1. The van der Waals surface area contributed by atoms with Gasteiger partial charge in [0.05, 0.1) is 18.2 Å². The molecule has 0 bridgehead atoms. The molecular formula is C24H28N4O3. The van der Waals surface area contributed by atoms with Crippen LogP contribution in [-0.2, 0) is 0 Å². The second-order valence-electron chi connectivity index (χ2n) is 8.78. The molecule has 7 heteroatoms. The Labute approximate surface area is 182 Å². The molecule has 2 unspecified atom stereocenters. The van der Waals surface area contributed by atoms with Crippen molar-refractivity contribution in [2.45, 2.75) is 50.3 Å². The van der Waals surface area contributed by atoms with Crippen molar-refractivity contribution < 1.29 is 14.3 Å². The average molecular weight is 421 g/mol. The molecule has 31 heavy (non-hydrogen) atoms. The predicted octanol–water partition coefficient (Wildman–Crippen LogP) is 3.31. The Kier molecular flexibility index (Phi) is 5.26. The zero-order chi connectivity index (χ0) is 21.4. The van der Waals surface area contributed by atoms with E-state index in [1.807, 2.05) is 30.3 Å². The Hall–Kier alpha value is -3.09. The van der Waals surface area contributed by atoms with Crippen molar-refractivity contribution in [2.75, 3.05) is 20.1 Å². The molecule has 3 aliphatic rings. The quantitative estimate of drug-likeness (QED) is 0.809. The number of rotatable bonds is 2. The Morgan fingerprint density at radius 3 is 2.74 bits per heavy atom. The summed E-state index contributed by atoms with van der Waals surface area (Å²) in [4.78, 5) is 33.7. The van der Waals surface area contributed by atoms with E-state index < -0.39 is 0 Å². The number of nitrogens with zero attached hydrogens (tertiary/aromatic N) is 3. The molecule has 2 aromatic rings. The largest absolute Gasteiger partial charge is 0.485 e. The third-order valence-electron chi connectivity index (χ3n) is 6.76. The van der Waals surface area contributed by atoms with Crippen LogP contribution in [0.15, 0.2) is 42.7 Å². The molecule has 1 aromatic heterocycles. The van der Waals surface area contributed by atoms with Crippen LogP contribution < -0.4 is 10.1 Å². The van der Waals surface area contributed by atoms with Gasteiger partial charge in [0, 0.05) is 37.6 Å². The molecular weight excluding hydrogens is 392 g/mol. The summed E-state index contributed by atoms with van der Waals surface area (Å²) in [6.07, 6.45) is 8.97. The third kappa shape index (κ3) is 3.84. The number of hydrogen-bond acceptors (Lipinski definition) is 4. The standard InChI is InChI=1S/C24H28N4O3/c1-27-20-14-28(24(30)26-18-7-3-2-4-8-18)15-22(20)31-21-12-16(9-10-19(21)23(27)29)17-6-5-11-25-13-17/h5-6,9-13,18,20,22H,2-4,7-8,14-15H2,1H3,(H,26,30). The van der Waals surface area contributed by atoms with Gasteiger partial charge in [0.15, 0.2) is 0 Å². The van der Waals surface area contributed by atoms with Crippen molar-refractivity contribution in [3.63, 3.8) is 0 Å². The fraction of sp³-hybridized carbons (Fsp3) is 0.458. The number of fused-ring (bicyclic) bond motifs is 2.